The number of anilines is 1. The molecule has 2 N–H and O–H groups in total. The van der Waals surface area contributed by atoms with Crippen molar-refractivity contribution in [3.05, 3.63) is 29.8 Å². The number of nitrogens with zero attached hydrogens (tertiary/aromatic N) is 1. The van der Waals surface area contributed by atoms with Gasteiger partial charge in [-0.1, -0.05) is 26.0 Å². The van der Waals surface area contributed by atoms with E-state index in [-0.39, 0.29) is 12.5 Å². The van der Waals surface area contributed by atoms with E-state index >= 15 is 0 Å². The summed E-state index contributed by atoms with van der Waals surface area (Å²) in [5, 5.41) is 11.7. The van der Waals surface area contributed by atoms with E-state index in [0.717, 1.165) is 31.5 Å². The second-order valence-corrected chi connectivity index (χ2v) is 5.85. The van der Waals surface area contributed by atoms with Gasteiger partial charge in [0.15, 0.2) is 0 Å². The van der Waals surface area contributed by atoms with Crippen LogP contribution in [0.25, 0.3) is 0 Å². The SMILES string of the molecule is CC(C)c1cccc(NC(=O)CN(C)CCCCCO)c1. The van der Waals surface area contributed by atoms with Crippen molar-refractivity contribution in [2.45, 2.75) is 39.0 Å². The molecule has 0 fully saturated rings. The predicted molar refractivity (Wildman–Crippen MR) is 87.6 cm³/mol. The van der Waals surface area contributed by atoms with E-state index in [2.05, 4.69) is 25.2 Å². The molecule has 1 aromatic carbocycles. The van der Waals surface area contributed by atoms with Crippen molar-refractivity contribution < 1.29 is 9.90 Å². The molecule has 4 nitrogen and oxygen atoms in total. The van der Waals surface area contributed by atoms with Crippen LogP contribution in [0.1, 0.15) is 44.6 Å². The van der Waals surface area contributed by atoms with Crippen LogP contribution in [0.5, 0.6) is 0 Å². The first kappa shape index (κ1) is 17.7. The molecule has 1 aromatic rings. The second-order valence-electron chi connectivity index (χ2n) is 5.85. The van der Waals surface area contributed by atoms with Crippen molar-refractivity contribution in [2.24, 2.45) is 0 Å². The van der Waals surface area contributed by atoms with Crippen LogP contribution in [0, 0.1) is 0 Å². The van der Waals surface area contributed by atoms with Crippen molar-refractivity contribution in [3.8, 4) is 0 Å². The number of hydrogen-bond acceptors (Lipinski definition) is 3. The molecule has 0 bridgehead atoms. The highest BCUT2D eigenvalue weighted by Gasteiger charge is 2.07. The zero-order valence-electron chi connectivity index (χ0n) is 13.4. The monoisotopic (exact) mass is 292 g/mol. The molecule has 1 rings (SSSR count). The van der Waals surface area contributed by atoms with Gasteiger partial charge in [0.25, 0.3) is 0 Å². The summed E-state index contributed by atoms with van der Waals surface area (Å²) in [4.78, 5) is 14.0. The van der Waals surface area contributed by atoms with Crippen LogP contribution >= 0.6 is 0 Å². The molecule has 0 aliphatic carbocycles. The topological polar surface area (TPSA) is 52.6 Å². The third kappa shape index (κ3) is 7.25. The van der Waals surface area contributed by atoms with Gasteiger partial charge in [0.2, 0.25) is 5.91 Å². The number of likely N-dealkylation sites (N-methyl/N-ethyl adjacent to an activating group) is 1. The number of unbranched alkanes of at least 4 members (excludes halogenated alkanes) is 2. The summed E-state index contributed by atoms with van der Waals surface area (Å²) in [5.41, 5.74) is 2.09. The Balaban J connectivity index is 2.37. The summed E-state index contributed by atoms with van der Waals surface area (Å²) in [5.74, 6) is 0.469. The third-order valence-electron chi connectivity index (χ3n) is 3.45. The highest BCUT2D eigenvalue weighted by molar-refractivity contribution is 5.92. The summed E-state index contributed by atoms with van der Waals surface area (Å²) in [6.45, 7) is 5.79. The van der Waals surface area contributed by atoms with E-state index < -0.39 is 0 Å². The van der Waals surface area contributed by atoms with E-state index in [9.17, 15) is 4.79 Å². The Morgan fingerprint density at radius 3 is 2.71 bits per heavy atom. The van der Waals surface area contributed by atoms with Gasteiger partial charge in [-0.3, -0.25) is 9.69 Å². The van der Waals surface area contributed by atoms with Gasteiger partial charge in [0.1, 0.15) is 0 Å². The van der Waals surface area contributed by atoms with Crippen LogP contribution in [-0.4, -0.2) is 42.7 Å². The quantitative estimate of drug-likeness (QED) is 0.688. The number of carbonyl (C=O) groups is 1. The van der Waals surface area contributed by atoms with Gasteiger partial charge in [-0.2, -0.15) is 0 Å². The number of benzene rings is 1. The number of rotatable bonds is 9. The maximum Gasteiger partial charge on any atom is 0.238 e. The van der Waals surface area contributed by atoms with Gasteiger partial charge in [0.05, 0.1) is 6.54 Å². The molecule has 4 heteroatoms. The van der Waals surface area contributed by atoms with Crippen LogP contribution in [-0.2, 0) is 4.79 Å². The molecule has 0 atom stereocenters. The van der Waals surface area contributed by atoms with Gasteiger partial charge in [-0.25, -0.2) is 0 Å². The summed E-state index contributed by atoms with van der Waals surface area (Å²) >= 11 is 0. The minimum absolute atomic E-state index is 0.0144. The summed E-state index contributed by atoms with van der Waals surface area (Å²) < 4.78 is 0. The minimum Gasteiger partial charge on any atom is -0.396 e. The van der Waals surface area contributed by atoms with Gasteiger partial charge < -0.3 is 10.4 Å². The van der Waals surface area contributed by atoms with Crippen LogP contribution in [0.2, 0.25) is 0 Å². The fourth-order valence-corrected chi connectivity index (χ4v) is 2.17. The van der Waals surface area contributed by atoms with Crippen LogP contribution in [0.3, 0.4) is 0 Å². The summed E-state index contributed by atoms with van der Waals surface area (Å²) in [6.07, 6.45) is 2.84. The van der Waals surface area contributed by atoms with Crippen molar-refractivity contribution in [2.75, 3.05) is 32.1 Å². The number of carbonyl (C=O) groups excluding carboxylic acids is 1. The number of hydrogen-bond donors (Lipinski definition) is 2. The Labute approximate surface area is 128 Å². The Morgan fingerprint density at radius 2 is 2.05 bits per heavy atom. The first-order valence-corrected chi connectivity index (χ1v) is 7.72. The predicted octanol–water partition coefficient (Wildman–Crippen LogP) is 2.84. The molecule has 0 aliphatic rings. The van der Waals surface area contributed by atoms with Crippen molar-refractivity contribution >= 4 is 11.6 Å². The number of nitrogens with one attached hydrogen (secondary N) is 1. The normalized spacial score (nSPS) is 11.1. The highest BCUT2D eigenvalue weighted by atomic mass is 16.2. The maximum atomic E-state index is 12.0. The minimum atomic E-state index is 0.0144. The largest absolute Gasteiger partial charge is 0.396 e. The Morgan fingerprint density at radius 1 is 1.29 bits per heavy atom. The molecule has 0 aromatic heterocycles. The van der Waals surface area contributed by atoms with Crippen LogP contribution < -0.4 is 5.32 Å². The molecule has 0 unspecified atom stereocenters. The van der Waals surface area contributed by atoms with Gasteiger partial charge in [0, 0.05) is 12.3 Å². The fourth-order valence-electron chi connectivity index (χ4n) is 2.17. The number of amides is 1. The molecule has 0 saturated heterocycles. The van der Waals surface area contributed by atoms with E-state index in [0.29, 0.717) is 12.5 Å². The lowest BCUT2D eigenvalue weighted by Crippen LogP contribution is -2.30. The van der Waals surface area contributed by atoms with Crippen LogP contribution in [0.15, 0.2) is 24.3 Å². The smallest absolute Gasteiger partial charge is 0.238 e. The average molecular weight is 292 g/mol. The molecule has 0 radical (unpaired) electrons. The molecule has 1 amide bonds. The highest BCUT2D eigenvalue weighted by Crippen LogP contribution is 2.18. The lowest BCUT2D eigenvalue weighted by atomic mass is 10.0. The van der Waals surface area contributed by atoms with E-state index in [1.807, 2.05) is 30.1 Å². The third-order valence-corrected chi connectivity index (χ3v) is 3.45. The molecular weight excluding hydrogens is 264 g/mol. The van der Waals surface area contributed by atoms with E-state index in [1.165, 1.54) is 5.56 Å². The average Bonchev–Trinajstić information content (AvgIpc) is 2.43. The molecule has 118 valence electrons. The van der Waals surface area contributed by atoms with Gasteiger partial charge >= 0.3 is 0 Å². The lowest BCUT2D eigenvalue weighted by Gasteiger charge is -2.16. The van der Waals surface area contributed by atoms with E-state index in [1.54, 1.807) is 0 Å². The van der Waals surface area contributed by atoms with Gasteiger partial charge in [-0.15, -0.1) is 0 Å². The summed E-state index contributed by atoms with van der Waals surface area (Å²) in [6, 6.07) is 8.01. The first-order chi connectivity index (χ1) is 10.0. The lowest BCUT2D eigenvalue weighted by molar-refractivity contribution is -0.117. The second kappa shape index (κ2) is 9.53. The van der Waals surface area contributed by atoms with Crippen molar-refractivity contribution in [1.29, 1.82) is 0 Å². The first-order valence-electron chi connectivity index (χ1n) is 7.72. The summed E-state index contributed by atoms with van der Waals surface area (Å²) in [7, 11) is 1.95. The Bertz CT molecular complexity index is 433. The molecule has 21 heavy (non-hydrogen) atoms. The molecule has 0 saturated carbocycles. The Hall–Kier alpha value is -1.39. The maximum absolute atomic E-state index is 12.0. The van der Waals surface area contributed by atoms with Crippen molar-refractivity contribution in [1.82, 2.24) is 4.90 Å². The molecule has 0 aliphatic heterocycles. The number of aliphatic hydroxyl groups is 1. The molecule has 0 heterocycles. The molecule has 0 spiro atoms. The van der Waals surface area contributed by atoms with Gasteiger partial charge in [-0.05, 0) is 56.5 Å². The van der Waals surface area contributed by atoms with Crippen molar-refractivity contribution in [3.63, 3.8) is 0 Å². The zero-order chi connectivity index (χ0) is 15.7. The van der Waals surface area contributed by atoms with E-state index in [4.69, 9.17) is 5.11 Å². The Kier molecular flexibility index (Phi) is 8.01. The molecular formula is C17H28N2O2. The standard InChI is InChI=1S/C17H28N2O2/c1-14(2)15-8-7-9-16(12-15)18-17(21)13-19(3)10-5-4-6-11-20/h7-9,12,14,20H,4-6,10-11,13H2,1-3H3,(H,18,21). The fraction of sp³-hybridized carbons (Fsp3) is 0.588. The zero-order valence-corrected chi connectivity index (χ0v) is 13.4. The van der Waals surface area contributed by atoms with Crippen LogP contribution in [0.4, 0.5) is 5.69 Å². The number of aliphatic hydroxyl groups excluding tert-OH is 1.